The van der Waals surface area contributed by atoms with Crippen molar-refractivity contribution in [3.63, 3.8) is 0 Å². The Morgan fingerprint density at radius 2 is 2.09 bits per heavy atom. The van der Waals surface area contributed by atoms with Gasteiger partial charge in [-0.15, -0.1) is 0 Å². The van der Waals surface area contributed by atoms with Gasteiger partial charge in [-0.3, -0.25) is 5.43 Å². The Labute approximate surface area is 141 Å². The summed E-state index contributed by atoms with van der Waals surface area (Å²) in [5.74, 6) is 1.52. The fourth-order valence-electron chi connectivity index (χ4n) is 2.52. The first-order valence-corrected chi connectivity index (χ1v) is 8.23. The normalized spacial score (nSPS) is 20.2. The number of hydrazone groups is 1. The molecule has 124 valence electrons. The average molecular weight is 335 g/mol. The van der Waals surface area contributed by atoms with Gasteiger partial charge in [-0.05, 0) is 50.2 Å². The van der Waals surface area contributed by atoms with E-state index in [1.807, 2.05) is 25.1 Å². The van der Waals surface area contributed by atoms with E-state index in [4.69, 9.17) is 26.4 Å². The van der Waals surface area contributed by atoms with E-state index in [9.17, 15) is 0 Å². The number of rotatable bonds is 4. The Bertz CT molecular complexity index is 600. The number of ether oxygens (including phenoxy) is 3. The van der Waals surface area contributed by atoms with Gasteiger partial charge in [-0.1, -0.05) is 0 Å². The van der Waals surface area contributed by atoms with Crippen LogP contribution in [0.15, 0.2) is 23.3 Å². The van der Waals surface area contributed by atoms with Crippen LogP contribution in [-0.2, 0) is 4.74 Å². The van der Waals surface area contributed by atoms with Gasteiger partial charge in [0.05, 0.1) is 11.8 Å². The van der Waals surface area contributed by atoms with E-state index in [-0.39, 0.29) is 6.10 Å². The first-order valence-electron chi connectivity index (χ1n) is 7.82. The van der Waals surface area contributed by atoms with Crippen molar-refractivity contribution in [2.45, 2.75) is 25.9 Å². The maximum Gasteiger partial charge on any atom is 0.187 e. The number of benzene rings is 1. The summed E-state index contributed by atoms with van der Waals surface area (Å²) in [7, 11) is 0. The van der Waals surface area contributed by atoms with E-state index in [0.717, 1.165) is 42.2 Å². The Morgan fingerprint density at radius 3 is 2.87 bits per heavy atom. The number of nitrogens with one attached hydrogen (secondary N) is 2. The van der Waals surface area contributed by atoms with Crippen LogP contribution < -0.4 is 20.2 Å². The molecular weight excluding hydrogens is 314 g/mol. The van der Waals surface area contributed by atoms with Crippen LogP contribution in [0, 0.1) is 0 Å². The summed E-state index contributed by atoms with van der Waals surface area (Å²) in [5.41, 5.74) is 4.65. The Balaban J connectivity index is 1.53. The molecule has 0 aromatic heterocycles. The summed E-state index contributed by atoms with van der Waals surface area (Å²) in [6.45, 7) is 4.63. The molecule has 7 heteroatoms. The van der Waals surface area contributed by atoms with Crippen LogP contribution >= 0.6 is 12.2 Å². The maximum absolute atomic E-state index is 5.58. The van der Waals surface area contributed by atoms with Crippen molar-refractivity contribution >= 4 is 23.0 Å². The van der Waals surface area contributed by atoms with Gasteiger partial charge in [-0.2, -0.15) is 5.10 Å². The smallest absolute Gasteiger partial charge is 0.187 e. The first kappa shape index (κ1) is 16.0. The van der Waals surface area contributed by atoms with Gasteiger partial charge >= 0.3 is 0 Å². The fraction of sp³-hybridized carbons (Fsp3) is 0.500. The molecule has 23 heavy (non-hydrogen) atoms. The van der Waals surface area contributed by atoms with Crippen LogP contribution in [-0.4, -0.2) is 43.3 Å². The molecule has 2 aliphatic rings. The molecule has 1 aromatic rings. The summed E-state index contributed by atoms with van der Waals surface area (Å²) < 4.78 is 16.6. The van der Waals surface area contributed by atoms with Crippen LogP contribution in [0.25, 0.3) is 0 Å². The molecule has 1 saturated heterocycles. The van der Waals surface area contributed by atoms with Gasteiger partial charge in [0, 0.05) is 18.7 Å². The summed E-state index contributed by atoms with van der Waals surface area (Å²) >= 11 is 5.22. The maximum atomic E-state index is 5.58. The van der Waals surface area contributed by atoms with Gasteiger partial charge in [-0.25, -0.2) is 0 Å². The summed E-state index contributed by atoms with van der Waals surface area (Å²) in [6.07, 6.45) is 2.45. The molecule has 1 fully saturated rings. The van der Waals surface area contributed by atoms with Crippen molar-refractivity contribution in [2.24, 2.45) is 5.10 Å². The number of hydrogen-bond donors (Lipinski definition) is 2. The zero-order valence-electron chi connectivity index (χ0n) is 13.1. The number of thiocarbonyl (C=S) groups is 1. The highest BCUT2D eigenvalue weighted by Crippen LogP contribution is 2.30. The minimum atomic E-state index is 0.248. The zero-order valence-corrected chi connectivity index (χ0v) is 13.9. The largest absolute Gasteiger partial charge is 0.486 e. The molecular formula is C16H21N3O3S. The highest BCUT2D eigenvalue weighted by molar-refractivity contribution is 7.80. The molecule has 3 rings (SSSR count). The average Bonchev–Trinajstić information content (AvgIpc) is 3.11. The summed E-state index contributed by atoms with van der Waals surface area (Å²) in [5, 5.41) is 7.94. The predicted octanol–water partition coefficient (Wildman–Crippen LogP) is 1.82. The number of nitrogens with zero attached hydrogens (tertiary/aromatic N) is 1. The van der Waals surface area contributed by atoms with Crippen molar-refractivity contribution in [3.05, 3.63) is 23.8 Å². The molecule has 1 atom stereocenters. The van der Waals surface area contributed by atoms with Crippen molar-refractivity contribution in [2.75, 3.05) is 26.4 Å². The minimum absolute atomic E-state index is 0.248. The monoisotopic (exact) mass is 335 g/mol. The van der Waals surface area contributed by atoms with Gasteiger partial charge in [0.15, 0.2) is 16.6 Å². The zero-order chi connectivity index (χ0) is 16.1. The van der Waals surface area contributed by atoms with Crippen molar-refractivity contribution in [1.29, 1.82) is 0 Å². The first-order chi connectivity index (χ1) is 11.2. The quantitative estimate of drug-likeness (QED) is 0.497. The summed E-state index contributed by atoms with van der Waals surface area (Å²) in [4.78, 5) is 0. The second-order valence-electron chi connectivity index (χ2n) is 5.51. The van der Waals surface area contributed by atoms with Crippen molar-refractivity contribution in [3.8, 4) is 11.5 Å². The molecule has 0 aliphatic carbocycles. The second kappa shape index (κ2) is 7.61. The summed E-state index contributed by atoms with van der Waals surface area (Å²) in [6, 6.07) is 5.78. The Kier molecular flexibility index (Phi) is 5.30. The fourth-order valence-corrected chi connectivity index (χ4v) is 2.65. The SMILES string of the molecule is C/C(=N/NC(=S)NC[C@H]1CCCO1)c1ccc2c(c1)OCCO2. The lowest BCUT2D eigenvalue weighted by molar-refractivity contribution is 0.114. The lowest BCUT2D eigenvalue weighted by Crippen LogP contribution is -2.37. The van der Waals surface area contributed by atoms with E-state index in [2.05, 4.69) is 15.8 Å². The van der Waals surface area contributed by atoms with Crippen LogP contribution in [0.3, 0.4) is 0 Å². The number of hydrogen-bond acceptors (Lipinski definition) is 5. The van der Waals surface area contributed by atoms with Gasteiger partial charge in [0.1, 0.15) is 13.2 Å². The third-order valence-corrected chi connectivity index (χ3v) is 4.04. The standard InChI is InChI=1S/C16H21N3O3S/c1-11(12-4-5-14-15(9-12)22-8-7-21-14)18-19-16(23)17-10-13-3-2-6-20-13/h4-5,9,13H,2-3,6-8,10H2,1H3,(H2,17,19,23)/b18-11-/t13-/m1/s1. The lowest BCUT2D eigenvalue weighted by atomic mass is 10.1. The topological polar surface area (TPSA) is 64.1 Å². The minimum Gasteiger partial charge on any atom is -0.486 e. The van der Waals surface area contributed by atoms with Gasteiger partial charge < -0.3 is 19.5 Å². The van der Waals surface area contributed by atoms with Gasteiger partial charge in [0.2, 0.25) is 0 Å². The molecule has 1 aromatic carbocycles. The lowest BCUT2D eigenvalue weighted by Gasteiger charge is -2.18. The van der Waals surface area contributed by atoms with E-state index >= 15 is 0 Å². The van der Waals surface area contributed by atoms with Crippen LogP contribution in [0.4, 0.5) is 0 Å². The third kappa shape index (κ3) is 4.33. The molecule has 2 heterocycles. The Hall–Kier alpha value is -1.86. The van der Waals surface area contributed by atoms with Crippen molar-refractivity contribution < 1.29 is 14.2 Å². The Morgan fingerprint density at radius 1 is 1.26 bits per heavy atom. The van der Waals surface area contributed by atoms with Crippen LogP contribution in [0.2, 0.25) is 0 Å². The molecule has 0 unspecified atom stereocenters. The second-order valence-corrected chi connectivity index (χ2v) is 5.92. The molecule has 0 bridgehead atoms. The highest BCUT2D eigenvalue weighted by Gasteiger charge is 2.15. The molecule has 0 saturated carbocycles. The highest BCUT2D eigenvalue weighted by atomic mass is 32.1. The molecule has 0 amide bonds. The molecule has 0 radical (unpaired) electrons. The van der Waals surface area contributed by atoms with E-state index in [0.29, 0.717) is 24.9 Å². The van der Waals surface area contributed by atoms with Crippen LogP contribution in [0.1, 0.15) is 25.3 Å². The predicted molar refractivity (Wildman–Crippen MR) is 92.4 cm³/mol. The third-order valence-electron chi connectivity index (χ3n) is 3.80. The van der Waals surface area contributed by atoms with E-state index in [1.165, 1.54) is 0 Å². The molecule has 6 nitrogen and oxygen atoms in total. The van der Waals surface area contributed by atoms with E-state index in [1.54, 1.807) is 0 Å². The van der Waals surface area contributed by atoms with Gasteiger partial charge in [0.25, 0.3) is 0 Å². The molecule has 2 N–H and O–H groups in total. The van der Waals surface area contributed by atoms with Crippen molar-refractivity contribution in [1.82, 2.24) is 10.7 Å². The van der Waals surface area contributed by atoms with E-state index < -0.39 is 0 Å². The van der Waals surface area contributed by atoms with Crippen LogP contribution in [0.5, 0.6) is 11.5 Å². The molecule has 2 aliphatic heterocycles. The number of fused-ring (bicyclic) bond motifs is 1. The molecule has 0 spiro atoms.